The average molecular weight is 261 g/mol. The Hall–Kier alpha value is -1.09. The molecule has 0 aromatic carbocycles. The first-order valence-electron chi connectivity index (χ1n) is 7.75. The minimum absolute atomic E-state index is 0.871. The summed E-state index contributed by atoms with van der Waals surface area (Å²) in [5, 5.41) is 3.34. The van der Waals surface area contributed by atoms with Crippen molar-refractivity contribution >= 4 is 5.82 Å². The summed E-state index contributed by atoms with van der Waals surface area (Å²) < 4.78 is 0. The maximum Gasteiger partial charge on any atom is 0.128 e. The van der Waals surface area contributed by atoms with Gasteiger partial charge in [0.2, 0.25) is 0 Å². The van der Waals surface area contributed by atoms with Crippen LogP contribution in [0.3, 0.4) is 0 Å². The van der Waals surface area contributed by atoms with Gasteiger partial charge in [0.25, 0.3) is 0 Å². The Balaban J connectivity index is 2.00. The van der Waals surface area contributed by atoms with Crippen molar-refractivity contribution in [2.24, 2.45) is 5.92 Å². The van der Waals surface area contributed by atoms with Crippen LogP contribution in [-0.4, -0.2) is 24.6 Å². The molecule has 0 radical (unpaired) electrons. The molecule has 0 aliphatic carbocycles. The predicted octanol–water partition coefficient (Wildman–Crippen LogP) is 3.21. The van der Waals surface area contributed by atoms with E-state index in [1.807, 2.05) is 0 Å². The fraction of sp³-hybridized carbons (Fsp3) is 0.688. The zero-order valence-corrected chi connectivity index (χ0v) is 12.4. The quantitative estimate of drug-likeness (QED) is 0.882. The normalized spacial score (nSPS) is 20.3. The molecule has 3 heteroatoms. The van der Waals surface area contributed by atoms with Gasteiger partial charge in [-0.1, -0.05) is 26.3 Å². The molecule has 2 rings (SSSR count). The van der Waals surface area contributed by atoms with E-state index in [4.69, 9.17) is 4.98 Å². The number of rotatable bonds is 5. The summed E-state index contributed by atoms with van der Waals surface area (Å²) in [7, 11) is 0. The molecule has 1 aliphatic rings. The van der Waals surface area contributed by atoms with Crippen molar-refractivity contribution in [1.29, 1.82) is 0 Å². The molecule has 3 nitrogen and oxygen atoms in total. The molecule has 1 fully saturated rings. The Labute approximate surface area is 117 Å². The SMILES string of the molecule is CCNCc1cccc(N2CCCC(CC)CC2)n1. The molecule has 1 unspecified atom stereocenters. The Morgan fingerprint density at radius 3 is 2.95 bits per heavy atom. The van der Waals surface area contributed by atoms with Gasteiger partial charge >= 0.3 is 0 Å². The van der Waals surface area contributed by atoms with Gasteiger partial charge in [0.1, 0.15) is 5.82 Å². The van der Waals surface area contributed by atoms with E-state index in [1.165, 1.54) is 25.7 Å². The lowest BCUT2D eigenvalue weighted by Gasteiger charge is -2.22. The topological polar surface area (TPSA) is 28.2 Å². The lowest BCUT2D eigenvalue weighted by atomic mass is 9.98. The van der Waals surface area contributed by atoms with Gasteiger partial charge in [-0.25, -0.2) is 4.98 Å². The number of nitrogens with one attached hydrogen (secondary N) is 1. The third-order valence-corrected chi connectivity index (χ3v) is 4.10. The van der Waals surface area contributed by atoms with Crippen LogP contribution < -0.4 is 10.2 Å². The van der Waals surface area contributed by atoms with Gasteiger partial charge in [-0.05, 0) is 43.9 Å². The van der Waals surface area contributed by atoms with Crippen LogP contribution in [0.5, 0.6) is 0 Å². The Bertz CT molecular complexity index is 378. The van der Waals surface area contributed by atoms with E-state index in [2.05, 4.69) is 42.3 Å². The number of nitrogens with zero attached hydrogens (tertiary/aromatic N) is 2. The summed E-state index contributed by atoms with van der Waals surface area (Å²) in [4.78, 5) is 7.25. The van der Waals surface area contributed by atoms with Crippen LogP contribution in [0.1, 0.15) is 45.2 Å². The molecular formula is C16H27N3. The number of pyridine rings is 1. The zero-order valence-electron chi connectivity index (χ0n) is 12.4. The smallest absolute Gasteiger partial charge is 0.128 e. The summed E-state index contributed by atoms with van der Waals surface area (Å²) in [5.74, 6) is 2.07. The summed E-state index contributed by atoms with van der Waals surface area (Å²) in [6, 6.07) is 6.40. The van der Waals surface area contributed by atoms with Crippen molar-refractivity contribution in [2.75, 3.05) is 24.5 Å². The van der Waals surface area contributed by atoms with Crippen molar-refractivity contribution < 1.29 is 0 Å². The molecule has 2 heterocycles. The van der Waals surface area contributed by atoms with Crippen molar-refractivity contribution in [1.82, 2.24) is 10.3 Å². The van der Waals surface area contributed by atoms with Gasteiger partial charge in [-0.15, -0.1) is 0 Å². The molecule has 1 aliphatic heterocycles. The first kappa shape index (κ1) is 14.3. The molecule has 1 N–H and O–H groups in total. The lowest BCUT2D eigenvalue weighted by Crippen LogP contribution is -2.25. The van der Waals surface area contributed by atoms with Gasteiger partial charge < -0.3 is 10.2 Å². The van der Waals surface area contributed by atoms with Crippen LogP contribution in [0.4, 0.5) is 5.82 Å². The molecule has 1 saturated heterocycles. The maximum atomic E-state index is 4.79. The molecule has 0 bridgehead atoms. The maximum absolute atomic E-state index is 4.79. The van der Waals surface area contributed by atoms with E-state index in [1.54, 1.807) is 0 Å². The van der Waals surface area contributed by atoms with Gasteiger partial charge in [0.15, 0.2) is 0 Å². The molecule has 19 heavy (non-hydrogen) atoms. The second kappa shape index (κ2) is 7.49. The van der Waals surface area contributed by atoms with E-state index in [-0.39, 0.29) is 0 Å². The predicted molar refractivity (Wildman–Crippen MR) is 81.5 cm³/mol. The lowest BCUT2D eigenvalue weighted by molar-refractivity contribution is 0.459. The Morgan fingerprint density at radius 2 is 2.16 bits per heavy atom. The highest BCUT2D eigenvalue weighted by atomic mass is 15.2. The fourth-order valence-electron chi connectivity index (χ4n) is 2.80. The van der Waals surface area contributed by atoms with E-state index in [9.17, 15) is 0 Å². The van der Waals surface area contributed by atoms with Crippen LogP contribution in [0.15, 0.2) is 18.2 Å². The van der Waals surface area contributed by atoms with E-state index in [0.717, 1.165) is 43.6 Å². The second-order valence-electron chi connectivity index (χ2n) is 5.46. The second-order valence-corrected chi connectivity index (χ2v) is 5.46. The monoisotopic (exact) mass is 261 g/mol. The molecule has 106 valence electrons. The Kier molecular flexibility index (Phi) is 5.64. The standard InChI is InChI=1S/C16H27N3/c1-3-14-7-6-11-19(12-10-14)16-9-5-8-15(18-16)13-17-4-2/h5,8-9,14,17H,3-4,6-7,10-13H2,1-2H3. The van der Waals surface area contributed by atoms with Crippen LogP contribution in [-0.2, 0) is 6.54 Å². The number of hydrogen-bond donors (Lipinski definition) is 1. The molecule has 0 amide bonds. The largest absolute Gasteiger partial charge is 0.357 e. The molecule has 0 saturated carbocycles. The number of aromatic nitrogens is 1. The number of hydrogen-bond acceptors (Lipinski definition) is 3. The minimum atomic E-state index is 0.871. The fourth-order valence-corrected chi connectivity index (χ4v) is 2.80. The third kappa shape index (κ3) is 4.20. The third-order valence-electron chi connectivity index (χ3n) is 4.10. The van der Waals surface area contributed by atoms with Gasteiger partial charge in [-0.3, -0.25) is 0 Å². The first-order valence-corrected chi connectivity index (χ1v) is 7.75. The van der Waals surface area contributed by atoms with Crippen LogP contribution in [0.25, 0.3) is 0 Å². The summed E-state index contributed by atoms with van der Waals surface area (Å²) in [6.45, 7) is 8.63. The Morgan fingerprint density at radius 1 is 1.26 bits per heavy atom. The van der Waals surface area contributed by atoms with Crippen molar-refractivity contribution in [3.63, 3.8) is 0 Å². The van der Waals surface area contributed by atoms with E-state index in [0.29, 0.717) is 0 Å². The molecule has 1 aromatic heterocycles. The first-order chi connectivity index (χ1) is 9.33. The highest BCUT2D eigenvalue weighted by Gasteiger charge is 2.16. The van der Waals surface area contributed by atoms with Crippen LogP contribution in [0.2, 0.25) is 0 Å². The van der Waals surface area contributed by atoms with Crippen molar-refractivity contribution in [3.05, 3.63) is 23.9 Å². The van der Waals surface area contributed by atoms with Crippen LogP contribution in [0, 0.1) is 5.92 Å². The minimum Gasteiger partial charge on any atom is -0.357 e. The van der Waals surface area contributed by atoms with Crippen LogP contribution >= 0.6 is 0 Å². The van der Waals surface area contributed by atoms with Gasteiger partial charge in [-0.2, -0.15) is 0 Å². The summed E-state index contributed by atoms with van der Waals surface area (Å²) in [6.07, 6.45) is 5.32. The summed E-state index contributed by atoms with van der Waals surface area (Å²) >= 11 is 0. The average Bonchev–Trinajstić information content (AvgIpc) is 2.71. The number of anilines is 1. The molecule has 1 atom stereocenters. The van der Waals surface area contributed by atoms with Crippen molar-refractivity contribution in [3.8, 4) is 0 Å². The molecule has 0 spiro atoms. The van der Waals surface area contributed by atoms with Gasteiger partial charge in [0, 0.05) is 19.6 Å². The molecule has 1 aromatic rings. The van der Waals surface area contributed by atoms with E-state index >= 15 is 0 Å². The summed E-state index contributed by atoms with van der Waals surface area (Å²) in [5.41, 5.74) is 1.15. The van der Waals surface area contributed by atoms with Gasteiger partial charge in [0.05, 0.1) is 5.69 Å². The zero-order chi connectivity index (χ0) is 13.5. The highest BCUT2D eigenvalue weighted by molar-refractivity contribution is 5.39. The van der Waals surface area contributed by atoms with E-state index < -0.39 is 0 Å². The van der Waals surface area contributed by atoms with Crippen molar-refractivity contribution in [2.45, 2.75) is 46.1 Å². The molecular weight excluding hydrogens is 234 g/mol. The highest BCUT2D eigenvalue weighted by Crippen LogP contribution is 2.23.